The molecule has 0 radical (unpaired) electrons. The average molecular weight is 316 g/mol. The summed E-state index contributed by atoms with van der Waals surface area (Å²) in [5, 5.41) is 25.3. The van der Waals surface area contributed by atoms with Gasteiger partial charge in [-0.3, -0.25) is 20.2 Å². The van der Waals surface area contributed by atoms with E-state index < -0.39 is 9.85 Å². The molecular weight excluding hydrogens is 298 g/mol. The molecule has 0 aliphatic rings. The second-order valence-corrected chi connectivity index (χ2v) is 5.82. The summed E-state index contributed by atoms with van der Waals surface area (Å²) in [5.74, 6) is 0.360. The molecule has 0 amide bonds. The first-order valence-electron chi connectivity index (χ1n) is 6.53. The van der Waals surface area contributed by atoms with Crippen molar-refractivity contribution in [3.05, 3.63) is 36.9 Å². The number of nitrogens with one attached hydrogen (secondary N) is 1. The monoisotopic (exact) mass is 315 g/mol. The van der Waals surface area contributed by atoms with E-state index in [0.717, 1.165) is 12.5 Å². The zero-order chi connectivity index (χ0) is 16.3. The number of hydrogen-bond acceptors (Lipinski definition) is 5. The maximum Gasteiger partial charge on any atom is 0.303 e. The van der Waals surface area contributed by atoms with Crippen LogP contribution >= 0.6 is 11.6 Å². The molecule has 0 fully saturated rings. The van der Waals surface area contributed by atoms with E-state index in [1.165, 1.54) is 6.92 Å². The fraction of sp³-hybridized carbons (Fsp3) is 0.538. The molecule has 0 saturated heterocycles. The number of halogens is 1. The molecule has 1 N–H and O–H groups in total. The first-order chi connectivity index (χ1) is 9.65. The summed E-state index contributed by atoms with van der Waals surface area (Å²) < 4.78 is 0. The minimum absolute atomic E-state index is 0.00969. The molecule has 1 unspecified atom stereocenters. The van der Waals surface area contributed by atoms with Gasteiger partial charge in [-0.1, -0.05) is 25.4 Å². The van der Waals surface area contributed by atoms with Crippen molar-refractivity contribution in [2.75, 3.05) is 5.32 Å². The van der Waals surface area contributed by atoms with E-state index in [0.29, 0.717) is 5.92 Å². The molecule has 0 aromatic heterocycles. The van der Waals surface area contributed by atoms with Crippen LogP contribution in [0.15, 0.2) is 6.07 Å². The molecule has 1 aromatic rings. The van der Waals surface area contributed by atoms with Gasteiger partial charge >= 0.3 is 11.4 Å². The van der Waals surface area contributed by atoms with Gasteiger partial charge in [-0.15, -0.1) is 0 Å². The van der Waals surface area contributed by atoms with Gasteiger partial charge in [0.15, 0.2) is 5.69 Å². The van der Waals surface area contributed by atoms with Gasteiger partial charge in [0.1, 0.15) is 0 Å². The molecule has 1 rings (SSSR count). The summed E-state index contributed by atoms with van der Waals surface area (Å²) in [6.07, 6.45) is 0.732. The molecule has 7 nitrogen and oxygen atoms in total. The van der Waals surface area contributed by atoms with Crippen LogP contribution in [0.3, 0.4) is 0 Å². The Hall–Kier alpha value is -1.89. The minimum Gasteiger partial charge on any atom is -0.371 e. The summed E-state index contributed by atoms with van der Waals surface area (Å²) in [7, 11) is 0. The Morgan fingerprint density at radius 3 is 2.24 bits per heavy atom. The molecule has 0 spiro atoms. The van der Waals surface area contributed by atoms with Crippen LogP contribution in [0.5, 0.6) is 0 Å². The van der Waals surface area contributed by atoms with Gasteiger partial charge in [0, 0.05) is 17.7 Å². The number of anilines is 1. The van der Waals surface area contributed by atoms with E-state index in [2.05, 4.69) is 5.32 Å². The predicted octanol–water partition coefficient (Wildman–Crippen LogP) is 4.31. The first-order valence-corrected chi connectivity index (χ1v) is 6.91. The number of hydrogen-bond donors (Lipinski definition) is 1. The Morgan fingerprint density at radius 2 is 1.81 bits per heavy atom. The molecule has 116 valence electrons. The molecule has 1 aromatic carbocycles. The molecule has 0 heterocycles. The zero-order valence-electron chi connectivity index (χ0n) is 12.3. The number of benzene rings is 1. The fourth-order valence-corrected chi connectivity index (χ4v) is 2.44. The van der Waals surface area contributed by atoms with E-state index >= 15 is 0 Å². The van der Waals surface area contributed by atoms with E-state index in [1.807, 2.05) is 20.8 Å². The summed E-state index contributed by atoms with van der Waals surface area (Å²) in [6, 6.07) is 1.01. The second-order valence-electron chi connectivity index (χ2n) is 5.42. The summed E-state index contributed by atoms with van der Waals surface area (Å²) in [4.78, 5) is 21.1. The average Bonchev–Trinajstić information content (AvgIpc) is 2.31. The van der Waals surface area contributed by atoms with Crippen molar-refractivity contribution in [3.8, 4) is 0 Å². The van der Waals surface area contributed by atoms with Gasteiger partial charge in [-0.05, 0) is 26.2 Å². The molecule has 1 atom stereocenters. The minimum atomic E-state index is -0.664. The van der Waals surface area contributed by atoms with Crippen molar-refractivity contribution in [1.82, 2.24) is 0 Å². The van der Waals surface area contributed by atoms with Crippen LogP contribution in [-0.2, 0) is 0 Å². The summed E-state index contributed by atoms with van der Waals surface area (Å²) >= 11 is 5.86. The molecular formula is C13H18ClN3O4. The highest BCUT2D eigenvalue weighted by atomic mass is 35.5. The Bertz CT molecular complexity index is 575. The normalized spacial score (nSPS) is 12.3. The fourth-order valence-electron chi connectivity index (χ4n) is 2.25. The third-order valence-electron chi connectivity index (χ3n) is 3.06. The lowest BCUT2D eigenvalue weighted by Gasteiger charge is -2.18. The van der Waals surface area contributed by atoms with Crippen LogP contribution in [0, 0.1) is 33.1 Å². The predicted molar refractivity (Wildman–Crippen MR) is 82.0 cm³/mol. The van der Waals surface area contributed by atoms with Crippen LogP contribution in [0.25, 0.3) is 0 Å². The van der Waals surface area contributed by atoms with Gasteiger partial charge in [0.05, 0.1) is 14.9 Å². The SMILES string of the molecule is Cc1c(Cl)cc([N+](=O)[O-])c(NC(C)CC(C)C)c1[N+](=O)[O-]. The van der Waals surface area contributed by atoms with Crippen molar-refractivity contribution in [2.24, 2.45) is 5.92 Å². The van der Waals surface area contributed by atoms with Gasteiger partial charge < -0.3 is 5.32 Å². The van der Waals surface area contributed by atoms with Crippen LogP contribution < -0.4 is 5.32 Å². The second kappa shape index (κ2) is 6.71. The smallest absolute Gasteiger partial charge is 0.303 e. The number of rotatable bonds is 6. The highest BCUT2D eigenvalue weighted by Crippen LogP contribution is 2.41. The molecule has 0 aliphatic carbocycles. The summed E-state index contributed by atoms with van der Waals surface area (Å²) in [5.41, 5.74) is -0.593. The lowest BCUT2D eigenvalue weighted by molar-refractivity contribution is -0.392. The standard InChI is InChI=1S/C13H18ClN3O4/c1-7(2)5-8(3)15-12-11(16(18)19)6-10(14)9(4)13(12)17(20)21/h6-8,15H,5H2,1-4H3. The quantitative estimate of drug-likeness (QED) is 0.623. The molecule has 0 aliphatic heterocycles. The van der Waals surface area contributed by atoms with Crippen molar-refractivity contribution in [3.63, 3.8) is 0 Å². The van der Waals surface area contributed by atoms with E-state index in [1.54, 1.807) is 0 Å². The van der Waals surface area contributed by atoms with E-state index in [-0.39, 0.29) is 33.7 Å². The maximum absolute atomic E-state index is 11.3. The van der Waals surface area contributed by atoms with E-state index in [9.17, 15) is 20.2 Å². The van der Waals surface area contributed by atoms with Gasteiger partial charge in [-0.2, -0.15) is 0 Å². The van der Waals surface area contributed by atoms with Crippen molar-refractivity contribution in [2.45, 2.75) is 40.2 Å². The molecule has 8 heteroatoms. The van der Waals surface area contributed by atoms with Crippen LogP contribution in [0.4, 0.5) is 17.1 Å². The lowest BCUT2D eigenvalue weighted by Crippen LogP contribution is -2.19. The van der Waals surface area contributed by atoms with Gasteiger partial charge in [-0.25, -0.2) is 0 Å². The lowest BCUT2D eigenvalue weighted by atomic mass is 10.0. The third-order valence-corrected chi connectivity index (χ3v) is 3.46. The number of nitro benzene ring substituents is 2. The van der Waals surface area contributed by atoms with Crippen LogP contribution in [0.1, 0.15) is 32.8 Å². The Labute approximate surface area is 127 Å². The highest BCUT2D eigenvalue weighted by molar-refractivity contribution is 6.32. The maximum atomic E-state index is 11.3. The van der Waals surface area contributed by atoms with Crippen LogP contribution in [0.2, 0.25) is 5.02 Å². The summed E-state index contributed by atoms with van der Waals surface area (Å²) in [6.45, 7) is 7.32. The number of nitrogens with zero attached hydrogens (tertiary/aromatic N) is 2. The first kappa shape index (κ1) is 17.2. The van der Waals surface area contributed by atoms with Crippen molar-refractivity contribution < 1.29 is 9.85 Å². The highest BCUT2D eigenvalue weighted by Gasteiger charge is 2.30. The van der Waals surface area contributed by atoms with Gasteiger partial charge in [0.2, 0.25) is 0 Å². The Morgan fingerprint density at radius 1 is 1.24 bits per heavy atom. The Balaban J connectivity index is 3.41. The Kier molecular flexibility index (Phi) is 5.48. The molecule has 0 bridgehead atoms. The number of nitro groups is 2. The van der Waals surface area contributed by atoms with Crippen LogP contribution in [-0.4, -0.2) is 15.9 Å². The van der Waals surface area contributed by atoms with E-state index in [4.69, 9.17) is 11.6 Å². The van der Waals surface area contributed by atoms with Gasteiger partial charge in [0.25, 0.3) is 0 Å². The van der Waals surface area contributed by atoms with Crippen molar-refractivity contribution >= 4 is 28.7 Å². The van der Waals surface area contributed by atoms with Crippen molar-refractivity contribution in [1.29, 1.82) is 0 Å². The third kappa shape index (κ3) is 4.04. The molecule has 21 heavy (non-hydrogen) atoms. The zero-order valence-corrected chi connectivity index (χ0v) is 13.1. The topological polar surface area (TPSA) is 98.3 Å². The molecule has 0 saturated carbocycles. The largest absolute Gasteiger partial charge is 0.371 e.